The van der Waals surface area contributed by atoms with Gasteiger partial charge >= 0.3 is 0 Å². The fourth-order valence-corrected chi connectivity index (χ4v) is 3.50. The van der Waals surface area contributed by atoms with E-state index in [4.69, 9.17) is 9.47 Å². The van der Waals surface area contributed by atoms with Gasteiger partial charge in [-0.1, -0.05) is 50.2 Å². The Morgan fingerprint density at radius 1 is 1.08 bits per heavy atom. The third-order valence-electron chi connectivity index (χ3n) is 5.13. The average molecular weight is 326 g/mol. The van der Waals surface area contributed by atoms with Crippen molar-refractivity contribution in [1.82, 2.24) is 0 Å². The smallest absolute Gasteiger partial charge is 0.161 e. The fourth-order valence-electron chi connectivity index (χ4n) is 3.50. The topological polar surface area (TPSA) is 38.7 Å². The van der Waals surface area contributed by atoms with Gasteiger partial charge in [-0.25, -0.2) is 0 Å². The first-order chi connectivity index (χ1) is 11.5. The third-order valence-corrected chi connectivity index (χ3v) is 5.13. The Labute approximate surface area is 144 Å². The van der Waals surface area contributed by atoms with Crippen LogP contribution in [0.15, 0.2) is 48.5 Å². The number of methoxy groups -OCH3 is 1. The minimum atomic E-state index is -0.326. The Morgan fingerprint density at radius 2 is 1.83 bits per heavy atom. The molecule has 0 spiro atoms. The van der Waals surface area contributed by atoms with Crippen LogP contribution in [0.4, 0.5) is 0 Å². The summed E-state index contributed by atoms with van der Waals surface area (Å²) < 4.78 is 11.4. The summed E-state index contributed by atoms with van der Waals surface area (Å²) in [5, 5.41) is 10.6. The second-order valence-electron chi connectivity index (χ2n) is 7.26. The van der Waals surface area contributed by atoms with Crippen molar-refractivity contribution in [3.8, 4) is 11.5 Å². The summed E-state index contributed by atoms with van der Waals surface area (Å²) in [5.74, 6) is 1.61. The van der Waals surface area contributed by atoms with Crippen LogP contribution in [-0.4, -0.2) is 18.3 Å². The fraction of sp³-hybridized carbons (Fsp3) is 0.429. The third kappa shape index (κ3) is 3.41. The maximum atomic E-state index is 10.6. The number of ether oxygens (including phenoxy) is 2. The number of hydrogen-bond donors (Lipinski definition) is 1. The van der Waals surface area contributed by atoms with E-state index in [-0.39, 0.29) is 17.4 Å². The van der Waals surface area contributed by atoms with E-state index < -0.39 is 0 Å². The van der Waals surface area contributed by atoms with Gasteiger partial charge in [-0.15, -0.1) is 0 Å². The first-order valence-corrected chi connectivity index (χ1v) is 8.54. The predicted octanol–water partition coefficient (Wildman–Crippen LogP) is 4.54. The Hall–Kier alpha value is -2.00. The van der Waals surface area contributed by atoms with E-state index >= 15 is 0 Å². The molecular formula is C21H26O3. The van der Waals surface area contributed by atoms with Gasteiger partial charge in [0.15, 0.2) is 11.5 Å². The molecule has 1 aliphatic carbocycles. The van der Waals surface area contributed by atoms with E-state index in [0.29, 0.717) is 6.61 Å². The van der Waals surface area contributed by atoms with Gasteiger partial charge in [0.1, 0.15) is 6.61 Å². The summed E-state index contributed by atoms with van der Waals surface area (Å²) in [7, 11) is 1.65. The molecule has 2 aromatic carbocycles. The Morgan fingerprint density at radius 3 is 2.46 bits per heavy atom. The van der Waals surface area contributed by atoms with Crippen LogP contribution in [0.1, 0.15) is 43.7 Å². The molecule has 0 heterocycles. The summed E-state index contributed by atoms with van der Waals surface area (Å²) >= 11 is 0. The second kappa shape index (κ2) is 6.86. The summed E-state index contributed by atoms with van der Waals surface area (Å²) in [4.78, 5) is 0. The second-order valence-corrected chi connectivity index (χ2v) is 7.26. The molecule has 0 aliphatic heterocycles. The Balaban J connectivity index is 1.81. The SMILES string of the molecule is COc1ccc(C2CCC(C)(C)C2O)cc1OCc1ccccc1. The van der Waals surface area contributed by atoms with Crippen molar-refractivity contribution >= 4 is 0 Å². The van der Waals surface area contributed by atoms with Crippen molar-refractivity contribution in [3.63, 3.8) is 0 Å². The van der Waals surface area contributed by atoms with Gasteiger partial charge in [0.2, 0.25) is 0 Å². The number of benzene rings is 2. The molecule has 1 saturated carbocycles. The molecule has 3 heteroatoms. The quantitative estimate of drug-likeness (QED) is 0.877. The van der Waals surface area contributed by atoms with Gasteiger partial charge in [-0.3, -0.25) is 0 Å². The summed E-state index contributed by atoms with van der Waals surface area (Å²) in [5.41, 5.74) is 2.21. The van der Waals surface area contributed by atoms with E-state index in [1.807, 2.05) is 48.5 Å². The zero-order valence-electron chi connectivity index (χ0n) is 14.7. The standard InChI is InChI=1S/C21H26O3/c1-21(2)12-11-17(20(21)22)16-9-10-18(23-3)19(13-16)24-14-15-7-5-4-6-8-15/h4-10,13,17,20,22H,11-12,14H2,1-3H3. The van der Waals surface area contributed by atoms with Crippen LogP contribution < -0.4 is 9.47 Å². The lowest BCUT2D eigenvalue weighted by molar-refractivity contribution is 0.0669. The predicted molar refractivity (Wildman–Crippen MR) is 95.5 cm³/mol. The lowest BCUT2D eigenvalue weighted by Crippen LogP contribution is -2.26. The van der Waals surface area contributed by atoms with Crippen molar-refractivity contribution in [2.75, 3.05) is 7.11 Å². The zero-order chi connectivity index (χ0) is 17.2. The molecule has 24 heavy (non-hydrogen) atoms. The molecule has 128 valence electrons. The van der Waals surface area contributed by atoms with E-state index in [9.17, 15) is 5.11 Å². The number of aliphatic hydroxyl groups excluding tert-OH is 1. The monoisotopic (exact) mass is 326 g/mol. The highest BCUT2D eigenvalue weighted by Gasteiger charge is 2.41. The number of aliphatic hydroxyl groups is 1. The van der Waals surface area contributed by atoms with Crippen LogP contribution in [0.25, 0.3) is 0 Å². The molecule has 3 nitrogen and oxygen atoms in total. The van der Waals surface area contributed by atoms with Crippen LogP contribution in [0.2, 0.25) is 0 Å². The molecule has 0 bridgehead atoms. The van der Waals surface area contributed by atoms with Gasteiger partial charge in [-0.2, -0.15) is 0 Å². The minimum absolute atomic E-state index is 0.0321. The van der Waals surface area contributed by atoms with Crippen molar-refractivity contribution < 1.29 is 14.6 Å². The van der Waals surface area contributed by atoms with E-state index in [0.717, 1.165) is 35.5 Å². The molecule has 2 aromatic rings. The van der Waals surface area contributed by atoms with Crippen LogP contribution in [0.5, 0.6) is 11.5 Å². The summed E-state index contributed by atoms with van der Waals surface area (Å²) in [6.07, 6.45) is 1.71. The number of rotatable bonds is 5. The molecule has 3 rings (SSSR count). The van der Waals surface area contributed by atoms with E-state index in [2.05, 4.69) is 13.8 Å². The van der Waals surface area contributed by atoms with Crippen molar-refractivity contribution in [1.29, 1.82) is 0 Å². The van der Waals surface area contributed by atoms with Crippen LogP contribution in [0, 0.1) is 5.41 Å². The molecule has 1 aliphatic rings. The highest BCUT2D eigenvalue weighted by molar-refractivity contribution is 5.44. The molecule has 0 saturated heterocycles. The summed E-state index contributed by atoms with van der Waals surface area (Å²) in [6.45, 7) is 4.77. The van der Waals surface area contributed by atoms with Gasteiger partial charge in [0.05, 0.1) is 13.2 Å². The molecule has 0 amide bonds. The molecular weight excluding hydrogens is 300 g/mol. The average Bonchev–Trinajstić information content (AvgIpc) is 2.87. The van der Waals surface area contributed by atoms with E-state index in [1.165, 1.54) is 0 Å². The van der Waals surface area contributed by atoms with Crippen molar-refractivity contribution in [3.05, 3.63) is 59.7 Å². The van der Waals surface area contributed by atoms with Gasteiger partial charge in [0, 0.05) is 5.92 Å². The summed E-state index contributed by atoms with van der Waals surface area (Å²) in [6, 6.07) is 16.1. The van der Waals surface area contributed by atoms with Crippen LogP contribution >= 0.6 is 0 Å². The first-order valence-electron chi connectivity index (χ1n) is 8.54. The molecule has 0 radical (unpaired) electrons. The van der Waals surface area contributed by atoms with Crippen LogP contribution in [0.3, 0.4) is 0 Å². The largest absolute Gasteiger partial charge is 0.493 e. The maximum absolute atomic E-state index is 10.6. The van der Waals surface area contributed by atoms with Gasteiger partial charge < -0.3 is 14.6 Å². The highest BCUT2D eigenvalue weighted by Crippen LogP contribution is 2.47. The number of hydrogen-bond acceptors (Lipinski definition) is 3. The Bertz CT molecular complexity index is 679. The Kier molecular flexibility index (Phi) is 4.81. The van der Waals surface area contributed by atoms with Gasteiger partial charge in [-0.05, 0) is 41.5 Å². The van der Waals surface area contributed by atoms with Crippen molar-refractivity contribution in [2.24, 2.45) is 5.41 Å². The first kappa shape index (κ1) is 16.8. The minimum Gasteiger partial charge on any atom is -0.493 e. The zero-order valence-corrected chi connectivity index (χ0v) is 14.7. The molecule has 1 N–H and O–H groups in total. The molecule has 2 unspecified atom stereocenters. The molecule has 0 aromatic heterocycles. The van der Waals surface area contributed by atoms with Crippen molar-refractivity contribution in [2.45, 2.75) is 45.3 Å². The van der Waals surface area contributed by atoms with Gasteiger partial charge in [0.25, 0.3) is 0 Å². The van der Waals surface area contributed by atoms with E-state index in [1.54, 1.807) is 7.11 Å². The lowest BCUT2D eigenvalue weighted by atomic mass is 9.85. The van der Waals surface area contributed by atoms with Crippen LogP contribution in [-0.2, 0) is 6.61 Å². The highest BCUT2D eigenvalue weighted by atomic mass is 16.5. The molecule has 2 atom stereocenters. The lowest BCUT2D eigenvalue weighted by Gasteiger charge is -2.26. The normalized spacial score (nSPS) is 22.3. The maximum Gasteiger partial charge on any atom is 0.161 e. The molecule has 1 fully saturated rings.